The molecule has 1 rings (SSSR count). The fraction of sp³-hybridized carbons (Fsp3) is 0.500. The lowest BCUT2D eigenvalue weighted by Crippen LogP contribution is -2.26. The first-order valence-electron chi connectivity index (χ1n) is 6.80. The summed E-state index contributed by atoms with van der Waals surface area (Å²) in [5.41, 5.74) is 0.667. The van der Waals surface area contributed by atoms with Gasteiger partial charge in [0.15, 0.2) is 11.9 Å². The predicted octanol–water partition coefficient (Wildman–Crippen LogP) is 2.03. The van der Waals surface area contributed by atoms with Crippen LogP contribution in [-0.2, 0) is 16.1 Å². The summed E-state index contributed by atoms with van der Waals surface area (Å²) in [6.45, 7) is 6.73. The van der Waals surface area contributed by atoms with Gasteiger partial charge in [0, 0.05) is 12.6 Å². The van der Waals surface area contributed by atoms with Gasteiger partial charge in [0.2, 0.25) is 0 Å². The molecule has 0 aliphatic carbocycles. The van der Waals surface area contributed by atoms with Gasteiger partial charge in [-0.2, -0.15) is 0 Å². The number of nitrogens with one attached hydrogen (secondary N) is 1. The summed E-state index contributed by atoms with van der Waals surface area (Å²) in [4.78, 5) is 22.0. The van der Waals surface area contributed by atoms with E-state index >= 15 is 0 Å². The summed E-state index contributed by atoms with van der Waals surface area (Å²) in [5, 5.41) is 14.1. The topological polar surface area (TPSA) is 90.7 Å². The highest BCUT2D eigenvalue weighted by molar-refractivity contribution is 5.74. The van der Waals surface area contributed by atoms with Gasteiger partial charge in [-0.15, -0.1) is 0 Å². The third-order valence-corrected chi connectivity index (χ3v) is 2.72. The summed E-state index contributed by atoms with van der Waals surface area (Å²) in [7, 11) is 0. The van der Waals surface area contributed by atoms with Crippen LogP contribution < -0.4 is 10.1 Å². The van der Waals surface area contributed by atoms with Crippen LogP contribution >= 0.6 is 0 Å². The van der Waals surface area contributed by atoms with Crippen LogP contribution in [0, 0.1) is 10.1 Å². The average Bonchev–Trinajstić information content (AvgIpc) is 2.45. The summed E-state index contributed by atoms with van der Waals surface area (Å²) >= 11 is 0. The van der Waals surface area contributed by atoms with Gasteiger partial charge < -0.3 is 14.8 Å². The Labute approximate surface area is 123 Å². The Morgan fingerprint density at radius 1 is 1.43 bits per heavy atom. The second-order valence-electron chi connectivity index (χ2n) is 4.35. The first-order valence-corrected chi connectivity index (χ1v) is 6.80. The largest absolute Gasteiger partial charge is 0.472 e. The molecule has 1 unspecified atom stereocenters. The van der Waals surface area contributed by atoms with E-state index in [1.807, 2.05) is 6.92 Å². The molecule has 0 aromatic heterocycles. The number of hydrogen-bond acceptors (Lipinski definition) is 6. The number of nitro groups is 1. The number of nitro benzene ring substituents is 1. The third-order valence-electron chi connectivity index (χ3n) is 2.72. The summed E-state index contributed by atoms with van der Waals surface area (Å²) in [6, 6.07) is 4.60. The third kappa shape index (κ3) is 5.03. The fourth-order valence-corrected chi connectivity index (χ4v) is 1.68. The zero-order valence-corrected chi connectivity index (χ0v) is 12.4. The number of hydrogen-bond donors (Lipinski definition) is 1. The predicted molar refractivity (Wildman–Crippen MR) is 77.2 cm³/mol. The van der Waals surface area contributed by atoms with Crippen molar-refractivity contribution in [3.8, 4) is 5.75 Å². The van der Waals surface area contributed by atoms with E-state index in [-0.39, 0.29) is 18.0 Å². The van der Waals surface area contributed by atoms with Crippen LogP contribution in [0.15, 0.2) is 18.2 Å². The van der Waals surface area contributed by atoms with E-state index in [1.165, 1.54) is 13.0 Å². The minimum absolute atomic E-state index is 0.0657. The highest BCUT2D eigenvalue weighted by atomic mass is 16.6. The van der Waals surface area contributed by atoms with E-state index in [2.05, 4.69) is 5.32 Å². The number of nitrogens with zero attached hydrogens (tertiary/aromatic N) is 1. The molecule has 0 saturated heterocycles. The van der Waals surface area contributed by atoms with E-state index in [0.717, 1.165) is 12.1 Å². The van der Waals surface area contributed by atoms with Crippen molar-refractivity contribution in [3.05, 3.63) is 33.9 Å². The van der Waals surface area contributed by atoms with Gasteiger partial charge in [0.25, 0.3) is 0 Å². The molecular formula is C14H20N2O5. The molecule has 7 heteroatoms. The van der Waals surface area contributed by atoms with Crippen molar-refractivity contribution in [3.63, 3.8) is 0 Å². The van der Waals surface area contributed by atoms with Crippen molar-refractivity contribution in [1.82, 2.24) is 5.32 Å². The number of ether oxygens (including phenoxy) is 2. The molecule has 0 heterocycles. The van der Waals surface area contributed by atoms with Crippen LogP contribution in [0.2, 0.25) is 0 Å². The van der Waals surface area contributed by atoms with Crippen LogP contribution in [0.5, 0.6) is 5.75 Å². The van der Waals surface area contributed by atoms with Gasteiger partial charge >= 0.3 is 11.7 Å². The molecule has 1 atom stereocenters. The molecule has 0 aliphatic heterocycles. The zero-order valence-electron chi connectivity index (χ0n) is 12.4. The quantitative estimate of drug-likeness (QED) is 0.448. The van der Waals surface area contributed by atoms with Crippen LogP contribution in [-0.4, -0.2) is 30.1 Å². The summed E-state index contributed by atoms with van der Waals surface area (Å²) < 4.78 is 10.2. The molecule has 0 amide bonds. The number of benzene rings is 1. The SMILES string of the molecule is CCNCc1ccc([N+](=O)[O-])c(OC(C)C(=O)OCC)c1. The zero-order chi connectivity index (χ0) is 15.8. The molecule has 116 valence electrons. The second kappa shape index (κ2) is 8.21. The Balaban J connectivity index is 2.95. The van der Waals surface area contributed by atoms with Crippen molar-refractivity contribution in [2.75, 3.05) is 13.2 Å². The van der Waals surface area contributed by atoms with Gasteiger partial charge in [-0.1, -0.05) is 13.0 Å². The standard InChI is InChI=1S/C14H20N2O5/c1-4-15-9-11-6-7-12(16(18)19)13(8-11)21-10(3)14(17)20-5-2/h6-8,10,15H,4-5,9H2,1-3H3. The number of carbonyl (C=O) groups is 1. The summed E-state index contributed by atoms with van der Waals surface area (Å²) in [6.07, 6.45) is -0.905. The Hall–Kier alpha value is -2.15. The van der Waals surface area contributed by atoms with Crippen LogP contribution in [0.4, 0.5) is 5.69 Å². The van der Waals surface area contributed by atoms with Crippen molar-refractivity contribution in [2.24, 2.45) is 0 Å². The van der Waals surface area contributed by atoms with Gasteiger partial charge in [-0.3, -0.25) is 10.1 Å². The van der Waals surface area contributed by atoms with Crippen LogP contribution in [0.3, 0.4) is 0 Å². The minimum Gasteiger partial charge on any atom is -0.472 e. The highest BCUT2D eigenvalue weighted by Crippen LogP contribution is 2.29. The lowest BCUT2D eigenvalue weighted by atomic mass is 10.2. The molecule has 0 spiro atoms. The maximum atomic E-state index is 11.6. The molecule has 1 N–H and O–H groups in total. The molecule has 0 fully saturated rings. The molecule has 21 heavy (non-hydrogen) atoms. The van der Waals surface area contributed by atoms with Crippen molar-refractivity contribution in [2.45, 2.75) is 33.4 Å². The maximum absolute atomic E-state index is 11.6. The molecule has 1 aromatic rings. The van der Waals surface area contributed by atoms with Crippen LogP contribution in [0.25, 0.3) is 0 Å². The minimum atomic E-state index is -0.905. The molecule has 7 nitrogen and oxygen atoms in total. The van der Waals surface area contributed by atoms with Crippen molar-refractivity contribution >= 4 is 11.7 Å². The molecule has 1 aromatic carbocycles. The van der Waals surface area contributed by atoms with Gasteiger partial charge in [0.1, 0.15) is 0 Å². The number of esters is 1. The lowest BCUT2D eigenvalue weighted by Gasteiger charge is -2.14. The van der Waals surface area contributed by atoms with Crippen molar-refractivity contribution in [1.29, 1.82) is 0 Å². The lowest BCUT2D eigenvalue weighted by molar-refractivity contribution is -0.386. The normalized spacial score (nSPS) is 11.8. The Morgan fingerprint density at radius 3 is 2.71 bits per heavy atom. The monoisotopic (exact) mass is 296 g/mol. The molecule has 0 bridgehead atoms. The van der Waals surface area contributed by atoms with Crippen LogP contribution in [0.1, 0.15) is 26.3 Å². The van der Waals surface area contributed by atoms with E-state index in [4.69, 9.17) is 9.47 Å². The first kappa shape index (κ1) is 16.9. The van der Waals surface area contributed by atoms with E-state index in [9.17, 15) is 14.9 Å². The molecular weight excluding hydrogens is 276 g/mol. The molecule has 0 radical (unpaired) electrons. The van der Waals surface area contributed by atoms with Gasteiger partial charge in [-0.25, -0.2) is 4.79 Å². The molecule has 0 aliphatic rings. The van der Waals surface area contributed by atoms with Gasteiger partial charge in [0.05, 0.1) is 11.5 Å². The van der Waals surface area contributed by atoms with E-state index in [0.29, 0.717) is 6.54 Å². The first-order chi connectivity index (χ1) is 9.99. The fourth-order valence-electron chi connectivity index (χ4n) is 1.68. The second-order valence-corrected chi connectivity index (χ2v) is 4.35. The smallest absolute Gasteiger partial charge is 0.347 e. The van der Waals surface area contributed by atoms with E-state index in [1.54, 1.807) is 19.1 Å². The van der Waals surface area contributed by atoms with Crippen molar-refractivity contribution < 1.29 is 19.2 Å². The summed E-state index contributed by atoms with van der Waals surface area (Å²) in [5.74, 6) is -0.486. The average molecular weight is 296 g/mol. The number of carbonyl (C=O) groups excluding carboxylic acids is 1. The van der Waals surface area contributed by atoms with E-state index < -0.39 is 17.0 Å². The highest BCUT2D eigenvalue weighted by Gasteiger charge is 2.22. The molecule has 0 saturated carbocycles. The van der Waals surface area contributed by atoms with Gasteiger partial charge in [-0.05, 0) is 32.0 Å². The Bertz CT molecular complexity index is 504. The maximum Gasteiger partial charge on any atom is 0.347 e. The Kier molecular flexibility index (Phi) is 6.61. The number of rotatable bonds is 8. The Morgan fingerprint density at radius 2 is 2.14 bits per heavy atom.